The van der Waals surface area contributed by atoms with Crippen LogP contribution in [0.1, 0.15) is 41.4 Å². The molecule has 17 heteroatoms. The van der Waals surface area contributed by atoms with Crippen LogP contribution < -0.4 is 4.18 Å². The number of alkyl halides is 3. The standard InChI is InChI=1S/C16H12F2O4.C11H9F3O7S/c1-21-15(19)9-3-5-11(13(7-9)16(20)22-2)12-8-10(17)4-6-14(12)18;1-19-9(15)6-3-4-8(7(5-6)10(16)20-2)21-22(17,18)11(12,13)14/h3-8H,1-2H3;3-5H,1-2H3. The fourth-order valence-electron chi connectivity index (χ4n) is 3.29. The van der Waals surface area contributed by atoms with Crippen molar-refractivity contribution in [2.75, 3.05) is 28.4 Å². The van der Waals surface area contributed by atoms with Crippen LogP contribution in [0.25, 0.3) is 11.1 Å². The maximum atomic E-state index is 13.9. The lowest BCUT2D eigenvalue weighted by molar-refractivity contribution is -0.0500. The van der Waals surface area contributed by atoms with Crippen molar-refractivity contribution in [2.24, 2.45) is 0 Å². The lowest BCUT2D eigenvalue weighted by atomic mass is 9.97. The fourth-order valence-corrected chi connectivity index (χ4v) is 3.77. The normalized spacial score (nSPS) is 10.9. The van der Waals surface area contributed by atoms with Crippen LogP contribution >= 0.6 is 0 Å². The summed E-state index contributed by atoms with van der Waals surface area (Å²) in [6.45, 7) is 0. The third kappa shape index (κ3) is 8.27. The summed E-state index contributed by atoms with van der Waals surface area (Å²) >= 11 is 0. The Hall–Kier alpha value is -5.06. The molecule has 0 unspecified atom stereocenters. The molecule has 236 valence electrons. The fraction of sp³-hybridized carbons (Fsp3) is 0.185. The second-order valence-corrected chi connectivity index (χ2v) is 9.58. The summed E-state index contributed by atoms with van der Waals surface area (Å²) in [5.74, 6) is -5.80. The van der Waals surface area contributed by atoms with E-state index in [2.05, 4.69) is 23.1 Å². The molecule has 0 amide bonds. The lowest BCUT2D eigenvalue weighted by Crippen LogP contribution is -2.28. The molecule has 0 heterocycles. The largest absolute Gasteiger partial charge is 0.534 e. The van der Waals surface area contributed by atoms with Gasteiger partial charge in [-0.05, 0) is 54.1 Å². The van der Waals surface area contributed by atoms with E-state index >= 15 is 0 Å². The molecule has 0 bridgehead atoms. The van der Waals surface area contributed by atoms with Crippen LogP contribution in [0.3, 0.4) is 0 Å². The van der Waals surface area contributed by atoms with E-state index in [1.54, 1.807) is 0 Å². The highest BCUT2D eigenvalue weighted by molar-refractivity contribution is 7.88. The number of hydrogen-bond donors (Lipinski definition) is 0. The third-order valence-corrected chi connectivity index (χ3v) is 6.32. The first-order chi connectivity index (χ1) is 20.5. The monoisotopic (exact) mass is 648 g/mol. The van der Waals surface area contributed by atoms with E-state index < -0.39 is 62.5 Å². The minimum atomic E-state index is -5.98. The Labute approximate surface area is 246 Å². The molecule has 0 saturated heterocycles. The predicted octanol–water partition coefficient (Wildman–Crippen LogP) is 4.69. The summed E-state index contributed by atoms with van der Waals surface area (Å²) in [5, 5.41) is 0. The zero-order valence-corrected chi connectivity index (χ0v) is 23.8. The summed E-state index contributed by atoms with van der Waals surface area (Å²) in [6, 6.07) is 9.25. The number of carbonyl (C=O) groups excluding carboxylic acids is 4. The van der Waals surface area contributed by atoms with Gasteiger partial charge in [0.1, 0.15) is 17.2 Å². The molecule has 0 radical (unpaired) electrons. The molecule has 0 fully saturated rings. The number of carbonyl (C=O) groups is 4. The van der Waals surface area contributed by atoms with Crippen LogP contribution in [0.2, 0.25) is 0 Å². The smallest absolute Gasteiger partial charge is 0.465 e. The van der Waals surface area contributed by atoms with Crippen molar-refractivity contribution in [3.05, 3.63) is 88.5 Å². The highest BCUT2D eigenvalue weighted by Crippen LogP contribution is 2.31. The molecular weight excluding hydrogens is 627 g/mol. The number of methoxy groups -OCH3 is 4. The Morgan fingerprint density at radius 2 is 1.09 bits per heavy atom. The first kappa shape index (κ1) is 35.1. The van der Waals surface area contributed by atoms with Crippen LogP contribution in [0.4, 0.5) is 22.0 Å². The van der Waals surface area contributed by atoms with Gasteiger partial charge in [-0.3, -0.25) is 0 Å². The first-order valence-corrected chi connectivity index (χ1v) is 13.0. The van der Waals surface area contributed by atoms with Gasteiger partial charge in [-0.25, -0.2) is 28.0 Å². The molecular formula is C27H21F5O11S. The molecule has 3 aromatic rings. The number of benzene rings is 3. The Morgan fingerprint density at radius 1 is 0.614 bits per heavy atom. The van der Waals surface area contributed by atoms with Crippen molar-refractivity contribution >= 4 is 34.0 Å². The number of ether oxygens (including phenoxy) is 4. The lowest BCUT2D eigenvalue weighted by Gasteiger charge is -2.12. The third-order valence-electron chi connectivity index (χ3n) is 5.35. The summed E-state index contributed by atoms with van der Waals surface area (Å²) < 4.78 is 108. The van der Waals surface area contributed by atoms with Crippen LogP contribution in [-0.4, -0.2) is 66.2 Å². The van der Waals surface area contributed by atoms with E-state index in [1.807, 2.05) is 0 Å². The molecule has 0 aliphatic heterocycles. The summed E-state index contributed by atoms with van der Waals surface area (Å²) in [4.78, 5) is 46.2. The first-order valence-electron chi connectivity index (χ1n) is 11.6. The Kier molecular flexibility index (Phi) is 11.5. The van der Waals surface area contributed by atoms with Crippen LogP contribution in [0.5, 0.6) is 5.75 Å². The highest BCUT2D eigenvalue weighted by atomic mass is 32.2. The Balaban J connectivity index is 0.000000307. The van der Waals surface area contributed by atoms with Crippen LogP contribution in [-0.2, 0) is 29.1 Å². The van der Waals surface area contributed by atoms with Crippen LogP contribution in [0, 0.1) is 11.6 Å². The topological polar surface area (TPSA) is 149 Å². The zero-order valence-electron chi connectivity index (χ0n) is 23.0. The van der Waals surface area contributed by atoms with Gasteiger partial charge in [0.15, 0.2) is 5.75 Å². The summed E-state index contributed by atoms with van der Waals surface area (Å²) in [5.41, 5.74) is -6.51. The number of esters is 4. The van der Waals surface area contributed by atoms with Gasteiger partial charge in [0, 0.05) is 5.56 Å². The predicted molar refractivity (Wildman–Crippen MR) is 139 cm³/mol. The number of rotatable bonds is 7. The maximum Gasteiger partial charge on any atom is 0.534 e. The van der Waals surface area contributed by atoms with Gasteiger partial charge in [0.05, 0.1) is 45.1 Å². The highest BCUT2D eigenvalue weighted by Gasteiger charge is 2.49. The van der Waals surface area contributed by atoms with Crippen molar-refractivity contribution in [1.29, 1.82) is 0 Å². The molecule has 0 saturated carbocycles. The molecule has 44 heavy (non-hydrogen) atoms. The zero-order chi connectivity index (χ0) is 33.4. The molecule has 0 atom stereocenters. The molecule has 0 N–H and O–H groups in total. The van der Waals surface area contributed by atoms with Crippen molar-refractivity contribution in [3.8, 4) is 16.9 Å². The average Bonchev–Trinajstić information content (AvgIpc) is 3.00. The van der Waals surface area contributed by atoms with Gasteiger partial charge in [0.2, 0.25) is 0 Å². The molecule has 11 nitrogen and oxygen atoms in total. The van der Waals surface area contributed by atoms with E-state index in [0.29, 0.717) is 6.07 Å². The van der Waals surface area contributed by atoms with Crippen molar-refractivity contribution < 1.29 is 72.7 Å². The Morgan fingerprint density at radius 3 is 1.59 bits per heavy atom. The molecule has 3 rings (SSSR count). The van der Waals surface area contributed by atoms with Crippen LogP contribution in [0.15, 0.2) is 54.6 Å². The minimum Gasteiger partial charge on any atom is -0.465 e. The van der Waals surface area contributed by atoms with E-state index in [9.17, 15) is 49.5 Å². The quantitative estimate of drug-likeness (QED) is 0.115. The summed E-state index contributed by atoms with van der Waals surface area (Å²) in [7, 11) is -1.68. The van der Waals surface area contributed by atoms with Crippen molar-refractivity contribution in [2.45, 2.75) is 5.51 Å². The molecule has 0 aliphatic rings. The second kappa shape index (κ2) is 14.4. The number of hydrogen-bond acceptors (Lipinski definition) is 11. The Bertz CT molecular complexity index is 1690. The number of halogens is 5. The van der Waals surface area contributed by atoms with Crippen molar-refractivity contribution in [1.82, 2.24) is 0 Å². The van der Waals surface area contributed by atoms with Gasteiger partial charge < -0.3 is 23.1 Å². The van der Waals surface area contributed by atoms with E-state index in [0.717, 1.165) is 51.7 Å². The van der Waals surface area contributed by atoms with Gasteiger partial charge in [-0.15, -0.1) is 0 Å². The van der Waals surface area contributed by atoms with E-state index in [-0.39, 0.29) is 27.8 Å². The molecule has 0 aromatic heterocycles. The average molecular weight is 649 g/mol. The van der Waals surface area contributed by atoms with E-state index in [1.165, 1.54) is 25.3 Å². The van der Waals surface area contributed by atoms with E-state index in [4.69, 9.17) is 0 Å². The van der Waals surface area contributed by atoms with Gasteiger partial charge in [-0.1, -0.05) is 6.07 Å². The molecule has 0 spiro atoms. The molecule has 0 aliphatic carbocycles. The maximum absolute atomic E-state index is 13.9. The SMILES string of the molecule is COC(=O)c1ccc(-c2cc(F)ccc2F)c(C(=O)OC)c1.COC(=O)c1ccc(OS(=O)(=O)C(F)(F)F)c(C(=O)OC)c1. The molecule has 3 aromatic carbocycles. The minimum absolute atomic E-state index is 0.0603. The summed E-state index contributed by atoms with van der Waals surface area (Å²) in [6.07, 6.45) is 0. The second-order valence-electron chi connectivity index (χ2n) is 8.04. The van der Waals surface area contributed by atoms with Gasteiger partial charge >= 0.3 is 39.5 Å². The van der Waals surface area contributed by atoms with Crippen molar-refractivity contribution in [3.63, 3.8) is 0 Å². The van der Waals surface area contributed by atoms with Gasteiger partial charge in [0.25, 0.3) is 0 Å². The van der Waals surface area contributed by atoms with Gasteiger partial charge in [-0.2, -0.15) is 21.6 Å².